The van der Waals surface area contributed by atoms with Crippen molar-refractivity contribution in [2.75, 3.05) is 18.0 Å². The molecule has 0 N–H and O–H groups in total. The highest BCUT2D eigenvalue weighted by atomic mass is 79.9. The van der Waals surface area contributed by atoms with Gasteiger partial charge in [0.15, 0.2) is 0 Å². The standard InChI is InChI=1S/C12H19BrClN3/c1-3-5-7-17(8-6-4-2)12-10(13)11(14)15-9-16-12/h9H,3-8H2,1-2H3. The lowest BCUT2D eigenvalue weighted by Gasteiger charge is -2.24. The Balaban J connectivity index is 2.83. The fourth-order valence-electron chi connectivity index (χ4n) is 1.58. The SMILES string of the molecule is CCCCN(CCCC)c1ncnc(Cl)c1Br. The maximum absolute atomic E-state index is 6.00. The molecule has 1 heterocycles. The third kappa shape index (κ3) is 4.43. The third-order valence-electron chi connectivity index (χ3n) is 2.59. The molecule has 0 aliphatic rings. The number of hydrogen-bond acceptors (Lipinski definition) is 3. The molecule has 0 unspecified atom stereocenters. The van der Waals surface area contributed by atoms with E-state index < -0.39 is 0 Å². The zero-order chi connectivity index (χ0) is 12.7. The summed E-state index contributed by atoms with van der Waals surface area (Å²) in [4.78, 5) is 10.6. The molecule has 0 atom stereocenters. The quantitative estimate of drug-likeness (QED) is 0.701. The summed E-state index contributed by atoms with van der Waals surface area (Å²) in [6, 6.07) is 0. The predicted molar refractivity (Wildman–Crippen MR) is 76.8 cm³/mol. The van der Waals surface area contributed by atoms with Crippen molar-refractivity contribution in [1.82, 2.24) is 9.97 Å². The Kier molecular flexibility index (Phi) is 6.82. The Morgan fingerprint density at radius 3 is 2.29 bits per heavy atom. The maximum Gasteiger partial charge on any atom is 0.148 e. The normalized spacial score (nSPS) is 10.6. The fourth-order valence-corrected chi connectivity index (χ4v) is 2.17. The van der Waals surface area contributed by atoms with Crippen molar-refractivity contribution in [3.63, 3.8) is 0 Å². The van der Waals surface area contributed by atoms with Crippen molar-refractivity contribution in [2.24, 2.45) is 0 Å². The molecule has 0 spiro atoms. The molecule has 1 rings (SSSR count). The minimum Gasteiger partial charge on any atom is -0.356 e. The number of nitrogens with zero attached hydrogens (tertiary/aromatic N) is 3. The van der Waals surface area contributed by atoms with Gasteiger partial charge in [0, 0.05) is 13.1 Å². The molecule has 3 nitrogen and oxygen atoms in total. The van der Waals surface area contributed by atoms with E-state index in [0.717, 1.165) is 36.2 Å². The molecule has 0 aliphatic carbocycles. The Labute approximate surface area is 117 Å². The molecule has 0 amide bonds. The van der Waals surface area contributed by atoms with Crippen LogP contribution >= 0.6 is 27.5 Å². The lowest BCUT2D eigenvalue weighted by molar-refractivity contribution is 0.669. The summed E-state index contributed by atoms with van der Waals surface area (Å²) in [5.74, 6) is 0.909. The summed E-state index contributed by atoms with van der Waals surface area (Å²) in [6.45, 7) is 6.42. The van der Waals surface area contributed by atoms with Crippen LogP contribution in [0.1, 0.15) is 39.5 Å². The van der Waals surface area contributed by atoms with Gasteiger partial charge in [-0.1, -0.05) is 38.3 Å². The van der Waals surface area contributed by atoms with Gasteiger partial charge in [-0.3, -0.25) is 0 Å². The minimum absolute atomic E-state index is 0.480. The van der Waals surface area contributed by atoms with Gasteiger partial charge >= 0.3 is 0 Å². The molecule has 0 saturated carbocycles. The molecule has 1 aromatic heterocycles. The zero-order valence-electron chi connectivity index (χ0n) is 10.4. The van der Waals surface area contributed by atoms with E-state index in [9.17, 15) is 0 Å². The van der Waals surface area contributed by atoms with Crippen LogP contribution in [0.25, 0.3) is 0 Å². The molecular formula is C12H19BrClN3. The van der Waals surface area contributed by atoms with E-state index in [0.29, 0.717) is 5.15 Å². The highest BCUT2D eigenvalue weighted by Gasteiger charge is 2.13. The fraction of sp³-hybridized carbons (Fsp3) is 0.667. The first-order chi connectivity index (χ1) is 8.20. The van der Waals surface area contributed by atoms with Gasteiger partial charge in [-0.25, -0.2) is 9.97 Å². The summed E-state index contributed by atoms with van der Waals surface area (Å²) in [5, 5.41) is 0.480. The molecule has 0 radical (unpaired) electrons. The molecule has 5 heteroatoms. The van der Waals surface area contributed by atoms with E-state index in [1.165, 1.54) is 19.2 Å². The average molecular weight is 321 g/mol. The number of aromatic nitrogens is 2. The second-order valence-electron chi connectivity index (χ2n) is 4.00. The second-order valence-corrected chi connectivity index (χ2v) is 5.15. The van der Waals surface area contributed by atoms with Crippen LogP contribution in [0.4, 0.5) is 5.82 Å². The minimum atomic E-state index is 0.480. The summed E-state index contributed by atoms with van der Waals surface area (Å²) < 4.78 is 0.800. The van der Waals surface area contributed by atoms with Crippen molar-refractivity contribution in [3.8, 4) is 0 Å². The molecule has 0 saturated heterocycles. The Morgan fingerprint density at radius 1 is 1.18 bits per heavy atom. The van der Waals surface area contributed by atoms with E-state index in [2.05, 4.69) is 44.6 Å². The summed E-state index contributed by atoms with van der Waals surface area (Å²) in [5.41, 5.74) is 0. The molecule has 1 aromatic rings. The Hall–Kier alpha value is -0.350. The first-order valence-electron chi connectivity index (χ1n) is 6.11. The number of hydrogen-bond donors (Lipinski definition) is 0. The van der Waals surface area contributed by atoms with Crippen LogP contribution in [0.3, 0.4) is 0 Å². The van der Waals surface area contributed by atoms with E-state index in [4.69, 9.17) is 11.6 Å². The van der Waals surface area contributed by atoms with Crippen LogP contribution in [-0.2, 0) is 0 Å². The van der Waals surface area contributed by atoms with Crippen LogP contribution in [-0.4, -0.2) is 23.1 Å². The van der Waals surface area contributed by atoms with E-state index in [1.807, 2.05) is 0 Å². The van der Waals surface area contributed by atoms with Gasteiger partial charge in [-0.05, 0) is 28.8 Å². The second kappa shape index (κ2) is 7.88. The maximum atomic E-state index is 6.00. The van der Waals surface area contributed by atoms with E-state index in [-0.39, 0.29) is 0 Å². The number of halogens is 2. The average Bonchev–Trinajstić information content (AvgIpc) is 2.34. The number of anilines is 1. The topological polar surface area (TPSA) is 29.0 Å². The van der Waals surface area contributed by atoms with Gasteiger partial charge in [-0.2, -0.15) is 0 Å². The third-order valence-corrected chi connectivity index (χ3v) is 3.84. The number of rotatable bonds is 7. The molecule has 0 fully saturated rings. The van der Waals surface area contributed by atoms with Crippen molar-refractivity contribution >= 4 is 33.3 Å². The van der Waals surface area contributed by atoms with Crippen LogP contribution in [0.15, 0.2) is 10.8 Å². The van der Waals surface area contributed by atoms with Gasteiger partial charge in [-0.15, -0.1) is 0 Å². The molecule has 0 aromatic carbocycles. The monoisotopic (exact) mass is 319 g/mol. The van der Waals surface area contributed by atoms with Gasteiger partial charge in [0.1, 0.15) is 17.3 Å². The predicted octanol–water partition coefficient (Wildman–Crippen LogP) is 4.30. The van der Waals surface area contributed by atoms with Gasteiger partial charge < -0.3 is 4.90 Å². The highest BCUT2D eigenvalue weighted by molar-refractivity contribution is 9.10. The van der Waals surface area contributed by atoms with E-state index >= 15 is 0 Å². The van der Waals surface area contributed by atoms with Gasteiger partial charge in [0.2, 0.25) is 0 Å². The van der Waals surface area contributed by atoms with Gasteiger partial charge in [0.25, 0.3) is 0 Å². The van der Waals surface area contributed by atoms with Crippen LogP contribution in [0.2, 0.25) is 5.15 Å². The molecule has 96 valence electrons. The smallest absolute Gasteiger partial charge is 0.148 e. The van der Waals surface area contributed by atoms with Crippen molar-refractivity contribution in [2.45, 2.75) is 39.5 Å². The molecular weight excluding hydrogens is 302 g/mol. The zero-order valence-corrected chi connectivity index (χ0v) is 12.8. The first kappa shape index (κ1) is 14.7. The molecule has 0 bridgehead atoms. The van der Waals surface area contributed by atoms with Crippen LogP contribution in [0.5, 0.6) is 0 Å². The molecule has 0 aliphatic heterocycles. The summed E-state index contributed by atoms with van der Waals surface area (Å²) >= 11 is 9.47. The Bertz CT molecular complexity index is 339. The highest BCUT2D eigenvalue weighted by Crippen LogP contribution is 2.29. The van der Waals surface area contributed by atoms with E-state index in [1.54, 1.807) is 0 Å². The van der Waals surface area contributed by atoms with Crippen LogP contribution < -0.4 is 4.90 Å². The lowest BCUT2D eigenvalue weighted by Crippen LogP contribution is -2.27. The van der Waals surface area contributed by atoms with Crippen LogP contribution in [0, 0.1) is 0 Å². The lowest BCUT2D eigenvalue weighted by atomic mass is 10.2. The van der Waals surface area contributed by atoms with Gasteiger partial charge in [0.05, 0.1) is 4.47 Å². The van der Waals surface area contributed by atoms with Crippen molar-refractivity contribution in [1.29, 1.82) is 0 Å². The van der Waals surface area contributed by atoms with Crippen molar-refractivity contribution in [3.05, 3.63) is 16.0 Å². The number of unbranched alkanes of at least 4 members (excludes halogenated alkanes) is 2. The Morgan fingerprint density at radius 2 is 1.76 bits per heavy atom. The van der Waals surface area contributed by atoms with Crippen molar-refractivity contribution < 1.29 is 0 Å². The first-order valence-corrected chi connectivity index (χ1v) is 7.28. The molecule has 17 heavy (non-hydrogen) atoms. The summed E-state index contributed by atoms with van der Waals surface area (Å²) in [6.07, 6.45) is 6.21. The largest absolute Gasteiger partial charge is 0.356 e. The summed E-state index contributed by atoms with van der Waals surface area (Å²) in [7, 11) is 0.